The Kier molecular flexibility index (Phi) is 4.42. The number of hydrogen-bond acceptors (Lipinski definition) is 3. The van der Waals surface area contributed by atoms with Crippen LogP contribution >= 0.6 is 0 Å². The molecule has 0 aliphatic heterocycles. The number of aromatic nitrogens is 3. The van der Waals surface area contributed by atoms with Crippen molar-refractivity contribution in [1.29, 1.82) is 0 Å². The second-order valence-corrected chi connectivity index (χ2v) is 5.00. The normalized spacial score (nSPS) is 11.9. The molecule has 0 spiro atoms. The van der Waals surface area contributed by atoms with Crippen molar-refractivity contribution in [2.75, 3.05) is 0 Å². The maximum atomic E-state index is 13.8. The highest BCUT2D eigenvalue weighted by Gasteiger charge is 2.19. The highest BCUT2D eigenvalue weighted by atomic mass is 19.1. The molecule has 0 bridgehead atoms. The second kappa shape index (κ2) is 6.83. The smallest absolute Gasteiger partial charge is 0.254 e. The highest BCUT2D eigenvalue weighted by Crippen LogP contribution is 2.16. The van der Waals surface area contributed by atoms with Crippen LogP contribution in [0.5, 0.6) is 0 Å². The van der Waals surface area contributed by atoms with Crippen molar-refractivity contribution in [1.82, 2.24) is 20.3 Å². The summed E-state index contributed by atoms with van der Waals surface area (Å²) in [7, 11) is 0. The first-order valence-corrected chi connectivity index (χ1v) is 7.18. The van der Waals surface area contributed by atoms with Gasteiger partial charge < -0.3 is 5.32 Å². The maximum absolute atomic E-state index is 13.8. The number of amides is 1. The molecule has 1 atom stereocenters. The van der Waals surface area contributed by atoms with E-state index in [2.05, 4.69) is 15.5 Å². The molecule has 0 fully saturated rings. The van der Waals surface area contributed by atoms with Crippen LogP contribution in [0.2, 0.25) is 0 Å². The summed E-state index contributed by atoms with van der Waals surface area (Å²) in [5.74, 6) is -1.02. The quantitative estimate of drug-likeness (QED) is 0.788. The van der Waals surface area contributed by atoms with Crippen LogP contribution in [-0.2, 0) is 6.54 Å². The number of carbonyl (C=O) groups excluding carboxylic acids is 1. The predicted octanol–water partition coefficient (Wildman–Crippen LogP) is 2.59. The number of benzene rings is 2. The summed E-state index contributed by atoms with van der Waals surface area (Å²) < 4.78 is 13.8. The first-order valence-electron chi connectivity index (χ1n) is 7.18. The van der Waals surface area contributed by atoms with Gasteiger partial charge in [-0.25, -0.2) is 4.39 Å². The van der Waals surface area contributed by atoms with Crippen LogP contribution in [0.25, 0.3) is 0 Å². The fraction of sp³-hybridized carbons (Fsp3) is 0.118. The third kappa shape index (κ3) is 3.60. The van der Waals surface area contributed by atoms with E-state index in [0.717, 1.165) is 5.56 Å². The van der Waals surface area contributed by atoms with Crippen LogP contribution in [0.4, 0.5) is 4.39 Å². The average Bonchev–Trinajstić information content (AvgIpc) is 3.08. The van der Waals surface area contributed by atoms with Gasteiger partial charge in [0.25, 0.3) is 5.91 Å². The fourth-order valence-corrected chi connectivity index (χ4v) is 2.30. The lowest BCUT2D eigenvalue weighted by atomic mass is 10.1. The minimum Gasteiger partial charge on any atom is -0.343 e. The summed E-state index contributed by atoms with van der Waals surface area (Å²) >= 11 is 0. The Morgan fingerprint density at radius 3 is 2.39 bits per heavy atom. The van der Waals surface area contributed by atoms with Crippen molar-refractivity contribution in [3.8, 4) is 0 Å². The zero-order valence-corrected chi connectivity index (χ0v) is 12.3. The molecular formula is C17H15FN4O. The molecule has 5 nitrogen and oxygen atoms in total. The largest absolute Gasteiger partial charge is 0.343 e. The predicted molar refractivity (Wildman–Crippen MR) is 83.1 cm³/mol. The van der Waals surface area contributed by atoms with Crippen molar-refractivity contribution in [3.05, 3.63) is 83.9 Å². The van der Waals surface area contributed by atoms with Crippen molar-refractivity contribution in [3.63, 3.8) is 0 Å². The van der Waals surface area contributed by atoms with Crippen molar-refractivity contribution >= 4 is 5.91 Å². The van der Waals surface area contributed by atoms with E-state index in [4.69, 9.17) is 0 Å². The van der Waals surface area contributed by atoms with E-state index in [1.54, 1.807) is 24.5 Å². The summed E-state index contributed by atoms with van der Waals surface area (Å²) in [5.41, 5.74) is 0.913. The maximum Gasteiger partial charge on any atom is 0.254 e. The Morgan fingerprint density at radius 1 is 1.04 bits per heavy atom. The van der Waals surface area contributed by atoms with E-state index in [1.165, 1.54) is 16.9 Å². The van der Waals surface area contributed by atoms with E-state index >= 15 is 0 Å². The van der Waals surface area contributed by atoms with Gasteiger partial charge in [-0.3, -0.25) is 4.79 Å². The molecule has 1 unspecified atom stereocenters. The summed E-state index contributed by atoms with van der Waals surface area (Å²) in [6, 6.07) is 15.0. The van der Waals surface area contributed by atoms with Gasteiger partial charge in [0.05, 0.1) is 30.5 Å². The van der Waals surface area contributed by atoms with Crippen LogP contribution in [0.1, 0.15) is 22.0 Å². The molecule has 6 heteroatoms. The lowest BCUT2D eigenvalue weighted by Gasteiger charge is -2.19. The van der Waals surface area contributed by atoms with Gasteiger partial charge in [0.2, 0.25) is 0 Å². The zero-order valence-electron chi connectivity index (χ0n) is 12.3. The summed E-state index contributed by atoms with van der Waals surface area (Å²) in [5, 5.41) is 11.0. The number of rotatable bonds is 5. The third-order valence-corrected chi connectivity index (χ3v) is 3.44. The van der Waals surface area contributed by atoms with Gasteiger partial charge in [-0.15, -0.1) is 0 Å². The molecule has 0 aliphatic carbocycles. The number of nitrogens with zero attached hydrogens (tertiary/aromatic N) is 3. The van der Waals surface area contributed by atoms with E-state index in [9.17, 15) is 9.18 Å². The highest BCUT2D eigenvalue weighted by molar-refractivity contribution is 5.94. The minimum atomic E-state index is -0.547. The van der Waals surface area contributed by atoms with E-state index in [0.29, 0.717) is 6.54 Å². The van der Waals surface area contributed by atoms with Crippen LogP contribution in [0.3, 0.4) is 0 Å². The second-order valence-electron chi connectivity index (χ2n) is 5.00. The monoisotopic (exact) mass is 310 g/mol. The van der Waals surface area contributed by atoms with Crippen LogP contribution in [0.15, 0.2) is 67.0 Å². The van der Waals surface area contributed by atoms with Gasteiger partial charge in [0.1, 0.15) is 5.82 Å². The molecule has 1 aromatic heterocycles. The standard InChI is InChI=1S/C17H15FN4O/c18-15-9-5-4-8-14(15)17(23)21-16(12-22-19-10-11-20-22)13-6-2-1-3-7-13/h1-11,16H,12H2,(H,21,23). The van der Waals surface area contributed by atoms with E-state index in [1.807, 2.05) is 30.3 Å². The van der Waals surface area contributed by atoms with Gasteiger partial charge in [-0.2, -0.15) is 15.0 Å². The summed E-state index contributed by atoms with van der Waals surface area (Å²) in [6.07, 6.45) is 3.14. The Hall–Kier alpha value is -3.02. The molecule has 2 aromatic carbocycles. The van der Waals surface area contributed by atoms with Gasteiger partial charge in [-0.1, -0.05) is 42.5 Å². The van der Waals surface area contributed by atoms with Crippen LogP contribution in [-0.4, -0.2) is 20.9 Å². The molecule has 116 valence electrons. The molecule has 0 radical (unpaired) electrons. The van der Waals surface area contributed by atoms with Gasteiger partial charge >= 0.3 is 0 Å². The minimum absolute atomic E-state index is 0.0156. The van der Waals surface area contributed by atoms with Gasteiger partial charge in [0.15, 0.2) is 0 Å². The molecule has 1 heterocycles. The van der Waals surface area contributed by atoms with E-state index < -0.39 is 11.7 Å². The molecule has 3 aromatic rings. The molecule has 0 aliphatic rings. The van der Waals surface area contributed by atoms with Crippen molar-refractivity contribution < 1.29 is 9.18 Å². The number of carbonyl (C=O) groups is 1. The topological polar surface area (TPSA) is 59.8 Å². The Morgan fingerprint density at radius 2 is 1.70 bits per heavy atom. The first-order chi connectivity index (χ1) is 11.2. The Bertz CT molecular complexity index is 774. The molecule has 1 amide bonds. The fourth-order valence-electron chi connectivity index (χ4n) is 2.30. The summed E-state index contributed by atoms with van der Waals surface area (Å²) in [4.78, 5) is 13.9. The van der Waals surface area contributed by atoms with E-state index in [-0.39, 0.29) is 11.6 Å². The van der Waals surface area contributed by atoms with Gasteiger partial charge in [0, 0.05) is 0 Å². The van der Waals surface area contributed by atoms with Gasteiger partial charge in [-0.05, 0) is 17.7 Å². The Balaban J connectivity index is 1.84. The number of halogens is 1. The number of hydrogen-bond donors (Lipinski definition) is 1. The lowest BCUT2D eigenvalue weighted by Crippen LogP contribution is -2.32. The lowest BCUT2D eigenvalue weighted by molar-refractivity contribution is 0.0926. The SMILES string of the molecule is O=C(NC(Cn1nccn1)c1ccccc1)c1ccccc1F. The average molecular weight is 310 g/mol. The number of nitrogens with one attached hydrogen (secondary N) is 1. The Labute approximate surface area is 132 Å². The molecule has 0 saturated carbocycles. The zero-order chi connectivity index (χ0) is 16.1. The molecule has 0 saturated heterocycles. The third-order valence-electron chi connectivity index (χ3n) is 3.44. The first kappa shape index (κ1) is 14.9. The van der Waals surface area contributed by atoms with Crippen LogP contribution < -0.4 is 5.32 Å². The van der Waals surface area contributed by atoms with Crippen LogP contribution in [0, 0.1) is 5.82 Å². The van der Waals surface area contributed by atoms with Crippen molar-refractivity contribution in [2.24, 2.45) is 0 Å². The molecule has 3 rings (SSSR count). The summed E-state index contributed by atoms with van der Waals surface area (Å²) in [6.45, 7) is 0.358. The molecule has 1 N–H and O–H groups in total. The van der Waals surface area contributed by atoms with Crippen molar-refractivity contribution in [2.45, 2.75) is 12.6 Å². The molecular weight excluding hydrogens is 295 g/mol. The molecule has 23 heavy (non-hydrogen) atoms.